The van der Waals surface area contributed by atoms with Gasteiger partial charge >= 0.3 is 180 Å². The summed E-state index contributed by atoms with van der Waals surface area (Å²) >= 11 is 20.6. The van der Waals surface area contributed by atoms with Crippen molar-refractivity contribution in [3.63, 3.8) is 0 Å². The molecule has 0 N–H and O–H groups in total. The van der Waals surface area contributed by atoms with Crippen LogP contribution in [0.3, 0.4) is 0 Å². The van der Waals surface area contributed by atoms with E-state index in [0.29, 0.717) is 25.7 Å². The van der Waals surface area contributed by atoms with Crippen molar-refractivity contribution in [3.05, 3.63) is 0 Å². The Kier molecular flexibility index (Phi) is 16.8. The minimum atomic E-state index is -4.64. The van der Waals surface area contributed by atoms with E-state index in [9.17, 15) is 0 Å². The third-order valence-corrected chi connectivity index (χ3v) is 12.6. The van der Waals surface area contributed by atoms with E-state index in [1.165, 1.54) is 0 Å². The van der Waals surface area contributed by atoms with Crippen LogP contribution in [-0.2, 0) is 12.3 Å². The molecular formula is C16H32Cl4O4Sn. The second-order valence-corrected chi connectivity index (χ2v) is 13.3. The molecule has 0 amide bonds. The fraction of sp³-hybridized carbons (Fsp3) is 1.00. The molecule has 4 nitrogen and oxygen atoms in total. The van der Waals surface area contributed by atoms with Crippen molar-refractivity contribution in [1.29, 1.82) is 0 Å². The Morgan fingerprint density at radius 2 is 0.720 bits per heavy atom. The van der Waals surface area contributed by atoms with E-state index in [4.69, 9.17) is 58.7 Å². The summed E-state index contributed by atoms with van der Waals surface area (Å²) in [7, 11) is 0. The standard InChI is InChI=1S/4C4H8ClO.Sn/c4*1-2-3-4(5)6;/h4*4H,2-3H2,1H3;/q4*-1;+4. The Labute approximate surface area is 179 Å². The Morgan fingerprint density at radius 1 is 0.520 bits per heavy atom. The first kappa shape index (κ1) is 26.8. The van der Waals surface area contributed by atoms with E-state index >= 15 is 0 Å². The SMILES string of the molecule is CCCC(Cl)[O][Sn]([O]C(Cl)CCC)([O]C(Cl)CCC)[O]C(Cl)CCC. The molecule has 0 aromatic carbocycles. The first-order valence-corrected chi connectivity index (χ1v) is 15.5. The van der Waals surface area contributed by atoms with Gasteiger partial charge in [-0.15, -0.1) is 0 Å². The minimum absolute atomic E-state index is 0.595. The molecule has 0 aromatic rings. The van der Waals surface area contributed by atoms with Crippen molar-refractivity contribution in [1.82, 2.24) is 0 Å². The van der Waals surface area contributed by atoms with Crippen molar-refractivity contribution < 1.29 is 12.3 Å². The Hall–Kier alpha value is 1.80. The zero-order chi connectivity index (χ0) is 19.3. The predicted molar refractivity (Wildman–Crippen MR) is 108 cm³/mol. The topological polar surface area (TPSA) is 36.9 Å². The second kappa shape index (κ2) is 15.7. The Morgan fingerprint density at radius 3 is 0.880 bits per heavy atom. The van der Waals surface area contributed by atoms with Gasteiger partial charge in [0.2, 0.25) is 0 Å². The van der Waals surface area contributed by atoms with Crippen molar-refractivity contribution in [2.75, 3.05) is 0 Å². The molecule has 0 bridgehead atoms. The van der Waals surface area contributed by atoms with E-state index in [1.807, 2.05) is 27.7 Å². The Bertz CT molecular complexity index is 267. The third-order valence-electron chi connectivity index (χ3n) is 3.15. The summed E-state index contributed by atoms with van der Waals surface area (Å²) in [6, 6.07) is 0. The number of rotatable bonds is 16. The monoisotopic (exact) mass is 548 g/mol. The molecule has 0 aliphatic heterocycles. The maximum atomic E-state index is 6.31. The molecule has 0 fully saturated rings. The number of halogens is 4. The van der Waals surface area contributed by atoms with Crippen LogP contribution in [0.5, 0.6) is 0 Å². The van der Waals surface area contributed by atoms with Crippen LogP contribution in [-0.4, -0.2) is 42.3 Å². The average molecular weight is 549 g/mol. The Balaban J connectivity index is 5.39. The molecule has 0 saturated heterocycles. The van der Waals surface area contributed by atoms with Crippen LogP contribution >= 0.6 is 46.4 Å². The van der Waals surface area contributed by atoms with E-state index in [2.05, 4.69) is 0 Å². The van der Waals surface area contributed by atoms with Gasteiger partial charge in [-0.3, -0.25) is 0 Å². The van der Waals surface area contributed by atoms with Gasteiger partial charge in [-0.1, -0.05) is 0 Å². The summed E-state index contributed by atoms with van der Waals surface area (Å²) in [6.07, 6.45) is 5.97. The molecule has 0 aromatic heterocycles. The van der Waals surface area contributed by atoms with Gasteiger partial charge in [0.15, 0.2) is 0 Å². The van der Waals surface area contributed by atoms with E-state index in [-0.39, 0.29) is 0 Å². The van der Waals surface area contributed by atoms with Crippen molar-refractivity contribution in [2.24, 2.45) is 0 Å². The van der Waals surface area contributed by atoms with Crippen LogP contribution in [0.1, 0.15) is 79.1 Å². The molecule has 4 atom stereocenters. The normalized spacial score (nSPS) is 19.2. The molecule has 9 heteroatoms. The summed E-state index contributed by atoms with van der Waals surface area (Å²) in [5, 5.41) is 0. The average Bonchev–Trinajstić information content (AvgIpc) is 2.47. The molecule has 0 spiro atoms. The molecule has 0 aliphatic rings. The summed E-state index contributed by atoms with van der Waals surface area (Å²) in [4.78, 5) is 0. The first-order chi connectivity index (χ1) is 11.8. The fourth-order valence-electron chi connectivity index (χ4n) is 1.94. The quantitative estimate of drug-likeness (QED) is 0.154. The van der Waals surface area contributed by atoms with Gasteiger partial charge in [0.25, 0.3) is 0 Å². The number of hydrogen-bond acceptors (Lipinski definition) is 4. The zero-order valence-corrected chi connectivity index (χ0v) is 21.5. The number of hydrogen-bond donors (Lipinski definition) is 0. The first-order valence-electron chi connectivity index (χ1n) is 9.09. The van der Waals surface area contributed by atoms with Crippen LogP contribution < -0.4 is 0 Å². The van der Waals surface area contributed by atoms with E-state index in [0.717, 1.165) is 25.7 Å². The van der Waals surface area contributed by atoms with Crippen LogP contribution in [0.15, 0.2) is 0 Å². The van der Waals surface area contributed by atoms with E-state index in [1.54, 1.807) is 0 Å². The molecular weight excluding hydrogens is 517 g/mol. The van der Waals surface area contributed by atoms with Crippen molar-refractivity contribution in [3.8, 4) is 0 Å². The molecule has 0 rings (SSSR count). The number of alkyl halides is 4. The zero-order valence-electron chi connectivity index (χ0n) is 15.6. The fourth-order valence-corrected chi connectivity index (χ4v) is 11.6. The van der Waals surface area contributed by atoms with Gasteiger partial charge in [-0.05, 0) is 0 Å². The van der Waals surface area contributed by atoms with Crippen molar-refractivity contribution in [2.45, 2.75) is 101 Å². The predicted octanol–water partition coefficient (Wildman–Crippen LogP) is 6.95. The van der Waals surface area contributed by atoms with Crippen LogP contribution in [0, 0.1) is 0 Å². The van der Waals surface area contributed by atoms with Gasteiger partial charge in [0, 0.05) is 0 Å². The van der Waals surface area contributed by atoms with Crippen LogP contribution in [0.25, 0.3) is 0 Å². The van der Waals surface area contributed by atoms with Gasteiger partial charge in [0.1, 0.15) is 0 Å². The summed E-state index contributed by atoms with van der Waals surface area (Å²) in [5.41, 5.74) is -2.38. The van der Waals surface area contributed by atoms with E-state index < -0.39 is 42.3 Å². The second-order valence-electron chi connectivity index (χ2n) is 5.77. The third kappa shape index (κ3) is 12.8. The molecule has 0 radical (unpaired) electrons. The van der Waals surface area contributed by atoms with Gasteiger partial charge in [-0.25, -0.2) is 0 Å². The van der Waals surface area contributed by atoms with Gasteiger partial charge in [-0.2, -0.15) is 0 Å². The van der Waals surface area contributed by atoms with Crippen LogP contribution in [0.2, 0.25) is 0 Å². The van der Waals surface area contributed by atoms with Crippen LogP contribution in [0.4, 0.5) is 0 Å². The molecule has 4 unspecified atom stereocenters. The molecule has 152 valence electrons. The summed E-state index contributed by atoms with van der Waals surface area (Å²) in [5.74, 6) is 0. The summed E-state index contributed by atoms with van der Waals surface area (Å²) in [6.45, 7) is 8.07. The molecule has 25 heavy (non-hydrogen) atoms. The van der Waals surface area contributed by atoms with Crippen molar-refractivity contribution >= 4 is 66.4 Å². The molecule has 0 aliphatic carbocycles. The summed E-state index contributed by atoms with van der Waals surface area (Å²) < 4.78 is 23.9. The molecule has 0 heterocycles. The van der Waals surface area contributed by atoms with Gasteiger partial charge < -0.3 is 0 Å². The maximum absolute atomic E-state index is 6.31. The van der Waals surface area contributed by atoms with Gasteiger partial charge in [0.05, 0.1) is 0 Å². The molecule has 0 saturated carbocycles.